The molecule has 0 aliphatic carbocycles. The molecule has 1 N–H and O–H groups in total. The fraction of sp³-hybridized carbons (Fsp3) is 0.286. The summed E-state index contributed by atoms with van der Waals surface area (Å²) in [4.78, 5) is 15.7. The molecule has 18 heavy (non-hydrogen) atoms. The van der Waals surface area contributed by atoms with Gasteiger partial charge in [-0.05, 0) is 24.1 Å². The molecule has 0 atom stereocenters. The third-order valence-electron chi connectivity index (χ3n) is 2.80. The molecule has 4 nitrogen and oxygen atoms in total. The number of hydrogen-bond acceptors (Lipinski definition) is 2. The van der Waals surface area contributed by atoms with Crippen molar-refractivity contribution in [1.29, 1.82) is 0 Å². The summed E-state index contributed by atoms with van der Waals surface area (Å²) in [7, 11) is 0. The number of imidazole rings is 1. The predicted molar refractivity (Wildman–Crippen MR) is 71.3 cm³/mol. The van der Waals surface area contributed by atoms with Gasteiger partial charge in [-0.2, -0.15) is 0 Å². The lowest BCUT2D eigenvalue weighted by atomic mass is 10.1. The normalized spacial score (nSPS) is 10.3. The molecule has 1 heterocycles. The molecule has 1 aromatic heterocycles. The topological polar surface area (TPSA) is 46.9 Å². The Morgan fingerprint density at radius 2 is 2.11 bits per heavy atom. The summed E-state index contributed by atoms with van der Waals surface area (Å²) in [5.74, 6) is 0.0212. The molecule has 0 aliphatic rings. The van der Waals surface area contributed by atoms with Crippen LogP contribution in [0, 0.1) is 0 Å². The van der Waals surface area contributed by atoms with Gasteiger partial charge in [0, 0.05) is 31.0 Å². The van der Waals surface area contributed by atoms with Crippen molar-refractivity contribution >= 4 is 11.6 Å². The molecule has 0 spiro atoms. The van der Waals surface area contributed by atoms with E-state index in [1.807, 2.05) is 35.0 Å². The number of benzene rings is 1. The fourth-order valence-corrected chi connectivity index (χ4v) is 1.70. The number of carbonyl (C=O) groups is 1. The van der Waals surface area contributed by atoms with Crippen molar-refractivity contribution in [2.45, 2.75) is 26.3 Å². The van der Waals surface area contributed by atoms with E-state index in [1.165, 1.54) is 5.56 Å². The SMILES string of the molecule is CCc1ccc(NC(=O)CCn2ccnc2)cc1. The van der Waals surface area contributed by atoms with E-state index in [0.29, 0.717) is 13.0 Å². The van der Waals surface area contributed by atoms with Gasteiger partial charge in [-0.1, -0.05) is 19.1 Å². The van der Waals surface area contributed by atoms with Crippen molar-refractivity contribution in [3.63, 3.8) is 0 Å². The maximum atomic E-state index is 11.7. The number of rotatable bonds is 5. The molecule has 1 amide bonds. The molecule has 1 aromatic carbocycles. The van der Waals surface area contributed by atoms with Crippen LogP contribution in [-0.4, -0.2) is 15.5 Å². The number of amides is 1. The van der Waals surface area contributed by atoms with Crippen molar-refractivity contribution < 1.29 is 4.79 Å². The second kappa shape index (κ2) is 6.00. The second-order valence-electron chi connectivity index (χ2n) is 4.15. The summed E-state index contributed by atoms with van der Waals surface area (Å²) >= 11 is 0. The lowest BCUT2D eigenvalue weighted by molar-refractivity contribution is -0.116. The summed E-state index contributed by atoms with van der Waals surface area (Å²) in [5, 5.41) is 2.88. The highest BCUT2D eigenvalue weighted by Gasteiger charge is 2.02. The van der Waals surface area contributed by atoms with Gasteiger partial charge in [-0.3, -0.25) is 4.79 Å². The highest BCUT2D eigenvalue weighted by molar-refractivity contribution is 5.90. The van der Waals surface area contributed by atoms with Crippen LogP contribution in [0.2, 0.25) is 0 Å². The number of aryl methyl sites for hydroxylation is 2. The van der Waals surface area contributed by atoms with Gasteiger partial charge in [0.15, 0.2) is 0 Å². The molecule has 0 radical (unpaired) electrons. The van der Waals surface area contributed by atoms with Gasteiger partial charge in [0.05, 0.1) is 6.33 Å². The third-order valence-corrected chi connectivity index (χ3v) is 2.80. The van der Waals surface area contributed by atoms with Crippen molar-refractivity contribution in [3.8, 4) is 0 Å². The number of hydrogen-bond donors (Lipinski definition) is 1. The number of anilines is 1. The van der Waals surface area contributed by atoms with Crippen molar-refractivity contribution in [3.05, 3.63) is 48.5 Å². The molecule has 2 aromatic rings. The van der Waals surface area contributed by atoms with Crippen LogP contribution >= 0.6 is 0 Å². The molecule has 0 saturated carbocycles. The highest BCUT2D eigenvalue weighted by atomic mass is 16.1. The molecule has 0 aliphatic heterocycles. The third kappa shape index (κ3) is 3.45. The van der Waals surface area contributed by atoms with Crippen LogP contribution in [0.15, 0.2) is 43.0 Å². The summed E-state index contributed by atoms with van der Waals surface area (Å²) in [6.07, 6.45) is 6.73. The molecule has 0 saturated heterocycles. The Kier molecular flexibility index (Phi) is 4.12. The lowest BCUT2D eigenvalue weighted by Gasteiger charge is -2.06. The van der Waals surface area contributed by atoms with Crippen molar-refractivity contribution in [2.75, 3.05) is 5.32 Å². The molecule has 0 unspecified atom stereocenters. The number of nitrogens with zero attached hydrogens (tertiary/aromatic N) is 2. The quantitative estimate of drug-likeness (QED) is 0.877. The summed E-state index contributed by atoms with van der Waals surface area (Å²) < 4.78 is 1.89. The van der Waals surface area contributed by atoms with Crippen LogP contribution in [0.4, 0.5) is 5.69 Å². The van der Waals surface area contributed by atoms with E-state index >= 15 is 0 Å². The molecular weight excluding hydrogens is 226 g/mol. The van der Waals surface area contributed by atoms with Gasteiger partial charge in [0.25, 0.3) is 0 Å². The first-order valence-corrected chi connectivity index (χ1v) is 6.12. The Morgan fingerprint density at radius 3 is 2.72 bits per heavy atom. The van der Waals surface area contributed by atoms with E-state index in [1.54, 1.807) is 12.5 Å². The Balaban J connectivity index is 1.83. The fourth-order valence-electron chi connectivity index (χ4n) is 1.70. The number of carbonyl (C=O) groups excluding carboxylic acids is 1. The Bertz CT molecular complexity index is 488. The lowest BCUT2D eigenvalue weighted by Crippen LogP contribution is -2.13. The number of aromatic nitrogens is 2. The van der Waals surface area contributed by atoms with Crippen LogP contribution in [0.25, 0.3) is 0 Å². The average Bonchev–Trinajstić information content (AvgIpc) is 2.90. The average molecular weight is 243 g/mol. The van der Waals surface area contributed by atoms with Crippen LogP contribution in [0.1, 0.15) is 18.9 Å². The van der Waals surface area contributed by atoms with Gasteiger partial charge in [-0.25, -0.2) is 4.98 Å². The molecule has 2 rings (SSSR count). The first-order chi connectivity index (χ1) is 8.78. The monoisotopic (exact) mass is 243 g/mol. The first kappa shape index (κ1) is 12.4. The van der Waals surface area contributed by atoms with E-state index in [0.717, 1.165) is 12.1 Å². The zero-order valence-corrected chi connectivity index (χ0v) is 10.5. The van der Waals surface area contributed by atoms with Crippen LogP contribution < -0.4 is 5.32 Å². The minimum Gasteiger partial charge on any atom is -0.337 e. The van der Waals surface area contributed by atoms with Gasteiger partial charge in [-0.15, -0.1) is 0 Å². The summed E-state index contributed by atoms with van der Waals surface area (Å²) in [5.41, 5.74) is 2.12. The number of nitrogens with one attached hydrogen (secondary N) is 1. The van der Waals surface area contributed by atoms with Crippen LogP contribution in [0.5, 0.6) is 0 Å². The van der Waals surface area contributed by atoms with Crippen molar-refractivity contribution in [1.82, 2.24) is 9.55 Å². The molecular formula is C14H17N3O. The minimum atomic E-state index is 0.0212. The van der Waals surface area contributed by atoms with Crippen LogP contribution in [0.3, 0.4) is 0 Å². The van der Waals surface area contributed by atoms with Gasteiger partial charge < -0.3 is 9.88 Å². The molecule has 0 bridgehead atoms. The smallest absolute Gasteiger partial charge is 0.226 e. The van der Waals surface area contributed by atoms with Gasteiger partial charge in [0.2, 0.25) is 5.91 Å². The molecule has 4 heteroatoms. The highest BCUT2D eigenvalue weighted by Crippen LogP contribution is 2.10. The first-order valence-electron chi connectivity index (χ1n) is 6.12. The van der Waals surface area contributed by atoms with E-state index in [9.17, 15) is 4.79 Å². The Morgan fingerprint density at radius 1 is 1.33 bits per heavy atom. The predicted octanol–water partition coefficient (Wildman–Crippen LogP) is 2.47. The molecule has 0 fully saturated rings. The Labute approximate surface area is 107 Å². The second-order valence-corrected chi connectivity index (χ2v) is 4.15. The van der Waals surface area contributed by atoms with E-state index < -0.39 is 0 Å². The summed E-state index contributed by atoms with van der Waals surface area (Å²) in [6.45, 7) is 2.76. The largest absolute Gasteiger partial charge is 0.337 e. The summed E-state index contributed by atoms with van der Waals surface area (Å²) in [6, 6.07) is 7.94. The van der Waals surface area contributed by atoms with E-state index in [-0.39, 0.29) is 5.91 Å². The minimum absolute atomic E-state index is 0.0212. The molecule has 94 valence electrons. The Hall–Kier alpha value is -2.10. The zero-order valence-electron chi connectivity index (χ0n) is 10.5. The zero-order chi connectivity index (χ0) is 12.8. The van der Waals surface area contributed by atoms with E-state index in [2.05, 4.69) is 17.2 Å². The van der Waals surface area contributed by atoms with Crippen molar-refractivity contribution in [2.24, 2.45) is 0 Å². The van der Waals surface area contributed by atoms with Crippen LogP contribution in [-0.2, 0) is 17.8 Å². The van der Waals surface area contributed by atoms with Gasteiger partial charge >= 0.3 is 0 Å². The maximum absolute atomic E-state index is 11.7. The van der Waals surface area contributed by atoms with E-state index in [4.69, 9.17) is 0 Å². The standard InChI is InChI=1S/C14H17N3O/c1-2-12-3-5-13(6-4-12)16-14(18)7-9-17-10-8-15-11-17/h3-6,8,10-11H,2,7,9H2,1H3,(H,16,18). The maximum Gasteiger partial charge on any atom is 0.226 e. The van der Waals surface area contributed by atoms with Gasteiger partial charge in [0.1, 0.15) is 0 Å².